The summed E-state index contributed by atoms with van der Waals surface area (Å²) >= 11 is 0. The van der Waals surface area contributed by atoms with Crippen LogP contribution in [-0.4, -0.2) is 37.0 Å². The molecule has 1 aliphatic heterocycles. The Labute approximate surface area is 157 Å². The van der Waals surface area contributed by atoms with E-state index in [1.54, 1.807) is 0 Å². The van der Waals surface area contributed by atoms with Crippen LogP contribution in [0.15, 0.2) is 0 Å². The Morgan fingerprint density at radius 1 is 1.19 bits per heavy atom. The van der Waals surface area contributed by atoms with Gasteiger partial charge in [0.15, 0.2) is 0 Å². The van der Waals surface area contributed by atoms with E-state index >= 15 is 0 Å². The van der Waals surface area contributed by atoms with Crippen molar-refractivity contribution in [3.05, 3.63) is 22.4 Å². The molecule has 0 aromatic carbocycles. The van der Waals surface area contributed by atoms with Crippen LogP contribution in [0.4, 0.5) is 5.82 Å². The minimum atomic E-state index is 0.256. The van der Waals surface area contributed by atoms with Crippen molar-refractivity contribution in [2.75, 3.05) is 31.1 Å². The quantitative estimate of drug-likeness (QED) is 0.815. The number of nitriles is 1. The molecule has 1 fully saturated rings. The maximum Gasteiger partial charge on any atom is 0.293 e. The molecule has 0 saturated carbocycles. The number of nitrogens with one attached hydrogen (secondary N) is 1. The number of H-pyrrole nitrogens is 1. The number of aromatic nitrogens is 1. The molecule has 0 atom stereocenters. The van der Waals surface area contributed by atoms with E-state index in [-0.39, 0.29) is 5.91 Å². The third kappa shape index (κ3) is 3.70. The van der Waals surface area contributed by atoms with Gasteiger partial charge < -0.3 is 4.90 Å². The summed E-state index contributed by atoms with van der Waals surface area (Å²) in [5.41, 5.74) is 4.79. The van der Waals surface area contributed by atoms with Crippen molar-refractivity contribution in [2.24, 2.45) is 5.92 Å². The molecule has 5 nitrogen and oxygen atoms in total. The van der Waals surface area contributed by atoms with Gasteiger partial charge in [0.25, 0.3) is 5.82 Å². The lowest BCUT2D eigenvalue weighted by Gasteiger charge is -2.31. The average Bonchev–Trinajstić information content (AvgIpc) is 3.11. The summed E-state index contributed by atoms with van der Waals surface area (Å²) < 4.78 is 0. The van der Waals surface area contributed by atoms with Crippen LogP contribution in [0.2, 0.25) is 0 Å². The normalized spacial score (nSPS) is 16.7. The topological polar surface area (TPSA) is 61.5 Å². The Kier molecular flexibility index (Phi) is 5.80. The SMILES string of the molecule is CCCC(=O)N1CCN(c2[nH+]c(CC(C)C)c3c(c2C#N)CCC3)CC1. The number of piperazine rings is 1. The van der Waals surface area contributed by atoms with Crippen molar-refractivity contribution in [1.29, 1.82) is 5.26 Å². The smallest absolute Gasteiger partial charge is 0.293 e. The van der Waals surface area contributed by atoms with E-state index in [1.165, 1.54) is 16.8 Å². The van der Waals surface area contributed by atoms with E-state index in [1.807, 2.05) is 11.8 Å². The van der Waals surface area contributed by atoms with Crippen LogP contribution >= 0.6 is 0 Å². The van der Waals surface area contributed by atoms with Gasteiger partial charge >= 0.3 is 0 Å². The molecule has 140 valence electrons. The monoisotopic (exact) mass is 355 g/mol. The van der Waals surface area contributed by atoms with Gasteiger partial charge in [0.1, 0.15) is 30.4 Å². The lowest BCUT2D eigenvalue weighted by Crippen LogP contribution is -2.50. The number of hydrogen-bond donors (Lipinski definition) is 0. The molecule has 1 aromatic rings. The Balaban J connectivity index is 1.86. The van der Waals surface area contributed by atoms with Crippen molar-refractivity contribution < 1.29 is 9.78 Å². The Morgan fingerprint density at radius 2 is 1.88 bits per heavy atom. The first kappa shape index (κ1) is 18.7. The molecule has 2 aliphatic rings. The van der Waals surface area contributed by atoms with Gasteiger partial charge in [-0.05, 0) is 42.7 Å². The van der Waals surface area contributed by atoms with Crippen LogP contribution in [0, 0.1) is 17.2 Å². The van der Waals surface area contributed by atoms with Gasteiger partial charge in [-0.3, -0.25) is 9.69 Å². The summed E-state index contributed by atoms with van der Waals surface area (Å²) in [5.74, 6) is 1.82. The highest BCUT2D eigenvalue weighted by atomic mass is 16.2. The number of hydrogen-bond acceptors (Lipinski definition) is 3. The molecular formula is C21H31N4O+. The molecule has 2 heterocycles. The number of rotatable bonds is 5. The van der Waals surface area contributed by atoms with E-state index in [0.717, 1.165) is 69.7 Å². The number of anilines is 1. The third-order valence-corrected chi connectivity index (χ3v) is 5.53. The Bertz CT molecular complexity index is 712. The van der Waals surface area contributed by atoms with Crippen LogP contribution < -0.4 is 9.88 Å². The summed E-state index contributed by atoms with van der Waals surface area (Å²) in [7, 11) is 0. The second-order valence-corrected chi connectivity index (χ2v) is 7.97. The predicted molar refractivity (Wildman–Crippen MR) is 102 cm³/mol. The minimum absolute atomic E-state index is 0.256. The van der Waals surface area contributed by atoms with Crippen molar-refractivity contribution in [1.82, 2.24) is 4.90 Å². The lowest BCUT2D eigenvalue weighted by molar-refractivity contribution is -0.378. The van der Waals surface area contributed by atoms with Gasteiger partial charge in [-0.15, -0.1) is 0 Å². The highest BCUT2D eigenvalue weighted by molar-refractivity contribution is 5.76. The highest BCUT2D eigenvalue weighted by Gasteiger charge is 2.33. The molecule has 1 aromatic heterocycles. The molecule has 1 saturated heterocycles. The third-order valence-electron chi connectivity index (χ3n) is 5.53. The molecule has 1 N–H and O–H groups in total. The largest absolute Gasteiger partial charge is 0.335 e. The molecular weight excluding hydrogens is 324 g/mol. The van der Waals surface area contributed by atoms with E-state index in [2.05, 4.69) is 29.8 Å². The van der Waals surface area contributed by atoms with Gasteiger partial charge in [0.2, 0.25) is 5.91 Å². The molecule has 5 heteroatoms. The van der Waals surface area contributed by atoms with Crippen molar-refractivity contribution in [2.45, 2.75) is 59.3 Å². The first-order valence-electron chi connectivity index (χ1n) is 10.1. The standard InChI is InChI=1S/C21H30N4O/c1-4-6-20(26)24-9-11-25(12-10-24)21-18(14-22)16-7-5-8-17(16)19(23-21)13-15(2)3/h15H,4-13H2,1-3H3/p+1. The molecule has 1 aliphatic carbocycles. The molecule has 3 rings (SSSR count). The second-order valence-electron chi connectivity index (χ2n) is 7.97. The molecule has 0 spiro atoms. The van der Waals surface area contributed by atoms with Gasteiger partial charge in [-0.2, -0.15) is 5.26 Å². The van der Waals surface area contributed by atoms with Crippen molar-refractivity contribution in [3.63, 3.8) is 0 Å². The van der Waals surface area contributed by atoms with Crippen molar-refractivity contribution in [3.8, 4) is 6.07 Å². The Hall–Kier alpha value is -2.09. The average molecular weight is 356 g/mol. The number of aromatic amines is 1. The highest BCUT2D eigenvalue weighted by Crippen LogP contribution is 2.32. The Morgan fingerprint density at radius 3 is 2.50 bits per heavy atom. The van der Waals surface area contributed by atoms with Gasteiger partial charge in [0.05, 0.1) is 13.1 Å². The summed E-state index contributed by atoms with van der Waals surface area (Å²) in [5, 5.41) is 9.84. The fourth-order valence-electron chi connectivity index (χ4n) is 4.27. The molecule has 26 heavy (non-hydrogen) atoms. The lowest BCUT2D eigenvalue weighted by atomic mass is 9.97. The molecule has 0 radical (unpaired) electrons. The zero-order valence-electron chi connectivity index (χ0n) is 16.4. The summed E-state index contributed by atoms with van der Waals surface area (Å²) in [4.78, 5) is 20.0. The fourth-order valence-corrected chi connectivity index (χ4v) is 4.27. The maximum absolute atomic E-state index is 12.1. The predicted octanol–water partition coefficient (Wildman–Crippen LogP) is 2.51. The maximum atomic E-state index is 12.1. The molecule has 0 bridgehead atoms. The first-order chi connectivity index (χ1) is 12.5. The van der Waals surface area contributed by atoms with Crippen LogP contribution in [0.25, 0.3) is 0 Å². The van der Waals surface area contributed by atoms with Crippen LogP contribution in [-0.2, 0) is 24.1 Å². The molecule has 1 amide bonds. The number of nitrogens with zero attached hydrogens (tertiary/aromatic N) is 3. The summed E-state index contributed by atoms with van der Waals surface area (Å²) in [6.07, 6.45) is 5.80. The van der Waals surface area contributed by atoms with Crippen LogP contribution in [0.1, 0.15) is 62.4 Å². The van der Waals surface area contributed by atoms with E-state index < -0.39 is 0 Å². The number of carbonyl (C=O) groups is 1. The summed E-state index contributed by atoms with van der Waals surface area (Å²) in [6, 6.07) is 2.47. The number of carbonyl (C=O) groups excluding carboxylic acids is 1. The van der Waals surface area contributed by atoms with Gasteiger partial charge in [0, 0.05) is 12.8 Å². The van der Waals surface area contributed by atoms with Gasteiger partial charge in [-0.1, -0.05) is 20.8 Å². The number of fused-ring (bicyclic) bond motifs is 1. The van der Waals surface area contributed by atoms with Crippen LogP contribution in [0.3, 0.4) is 0 Å². The van der Waals surface area contributed by atoms with E-state index in [9.17, 15) is 10.1 Å². The fraction of sp³-hybridized carbons (Fsp3) is 0.667. The number of amides is 1. The number of pyridine rings is 1. The first-order valence-corrected chi connectivity index (χ1v) is 10.1. The van der Waals surface area contributed by atoms with Crippen molar-refractivity contribution >= 4 is 11.7 Å². The van der Waals surface area contributed by atoms with Crippen LogP contribution in [0.5, 0.6) is 0 Å². The zero-order chi connectivity index (χ0) is 18.7. The molecule has 0 unspecified atom stereocenters. The van der Waals surface area contributed by atoms with Gasteiger partial charge in [-0.25, -0.2) is 4.98 Å². The zero-order valence-corrected chi connectivity index (χ0v) is 16.4. The van der Waals surface area contributed by atoms with E-state index in [0.29, 0.717) is 12.3 Å². The second kappa shape index (κ2) is 8.07. The van der Waals surface area contributed by atoms with E-state index in [4.69, 9.17) is 0 Å². The minimum Gasteiger partial charge on any atom is -0.335 e. The summed E-state index contributed by atoms with van der Waals surface area (Å²) in [6.45, 7) is 9.60.